The van der Waals surface area contributed by atoms with E-state index >= 15 is 0 Å². The minimum absolute atomic E-state index is 0.277. The number of nitrogens with one attached hydrogen (secondary N) is 1. The van der Waals surface area contributed by atoms with E-state index in [1.54, 1.807) is 7.11 Å². The maximum absolute atomic E-state index is 9.04. The van der Waals surface area contributed by atoms with Gasteiger partial charge in [-0.15, -0.1) is 0 Å². The largest absolute Gasteiger partial charge is 0.383 e. The molecule has 6 nitrogen and oxygen atoms in total. The van der Waals surface area contributed by atoms with E-state index in [1.165, 1.54) is 17.7 Å². The normalized spacial score (nSPS) is 15.8. The lowest BCUT2D eigenvalue weighted by Gasteiger charge is -2.35. The first-order chi connectivity index (χ1) is 14.3. The van der Waals surface area contributed by atoms with E-state index in [9.17, 15) is 0 Å². The van der Waals surface area contributed by atoms with Gasteiger partial charge in [-0.25, -0.2) is 0 Å². The summed E-state index contributed by atoms with van der Waals surface area (Å²) in [5.74, 6) is 0. The molecule has 1 aliphatic rings. The van der Waals surface area contributed by atoms with Crippen LogP contribution in [0.1, 0.15) is 41.3 Å². The summed E-state index contributed by atoms with van der Waals surface area (Å²) in [5, 5.41) is 16.5. The third kappa shape index (κ3) is 4.21. The number of aryl methyl sites for hydroxylation is 1. The van der Waals surface area contributed by atoms with Crippen LogP contribution in [0.5, 0.6) is 0 Å². The van der Waals surface area contributed by atoms with Gasteiger partial charge in [0.2, 0.25) is 0 Å². The zero-order valence-corrected chi connectivity index (χ0v) is 16.6. The van der Waals surface area contributed by atoms with E-state index in [2.05, 4.69) is 27.2 Å². The van der Waals surface area contributed by atoms with Crippen molar-refractivity contribution in [3.63, 3.8) is 0 Å². The maximum atomic E-state index is 9.04. The summed E-state index contributed by atoms with van der Waals surface area (Å²) in [5.41, 5.74) is 6.36. The molecule has 0 spiro atoms. The summed E-state index contributed by atoms with van der Waals surface area (Å²) in [6, 6.07) is 14.3. The van der Waals surface area contributed by atoms with Crippen LogP contribution in [0.4, 0.5) is 0 Å². The second kappa shape index (κ2) is 8.99. The van der Waals surface area contributed by atoms with E-state index in [4.69, 9.17) is 15.0 Å². The van der Waals surface area contributed by atoms with Crippen molar-refractivity contribution >= 4 is 0 Å². The molecule has 29 heavy (non-hydrogen) atoms. The summed E-state index contributed by atoms with van der Waals surface area (Å²) in [4.78, 5) is 7.17. The maximum Gasteiger partial charge on any atom is 0.0991 e. The molecule has 1 N–H and O–H groups in total. The van der Waals surface area contributed by atoms with Gasteiger partial charge < -0.3 is 4.74 Å². The molecule has 0 saturated carbocycles. The standard InChI is InChI=1S/C23H25N5O/c1-29-13-12-28(21-6-2-4-18-5-3-11-25-23(18)21)16-20-15-26-27-22(20)19-9-7-17(14-24)8-10-19/h3,5,7-11,15,21H,2,4,6,12-13,16H2,1H3,(H,26,27). The lowest BCUT2D eigenvalue weighted by Crippen LogP contribution is -2.34. The topological polar surface area (TPSA) is 77.8 Å². The van der Waals surface area contributed by atoms with Crippen molar-refractivity contribution < 1.29 is 4.74 Å². The fourth-order valence-electron chi connectivity index (χ4n) is 4.11. The molecular formula is C23H25N5O. The van der Waals surface area contributed by atoms with Gasteiger partial charge in [-0.05, 0) is 48.6 Å². The minimum Gasteiger partial charge on any atom is -0.383 e. The highest BCUT2D eigenvalue weighted by Crippen LogP contribution is 2.34. The first-order valence-corrected chi connectivity index (χ1v) is 9.99. The van der Waals surface area contributed by atoms with Gasteiger partial charge in [0.25, 0.3) is 0 Å². The Bertz CT molecular complexity index is 989. The molecule has 0 aliphatic heterocycles. The van der Waals surface area contributed by atoms with E-state index in [1.807, 2.05) is 42.7 Å². The van der Waals surface area contributed by atoms with Crippen molar-refractivity contribution in [3.05, 3.63) is 71.2 Å². The third-order valence-corrected chi connectivity index (χ3v) is 5.58. The molecule has 1 aliphatic carbocycles. The average Bonchev–Trinajstić information content (AvgIpc) is 3.24. The Balaban J connectivity index is 1.62. The van der Waals surface area contributed by atoms with Crippen molar-refractivity contribution in [3.8, 4) is 17.3 Å². The number of aromatic nitrogens is 3. The molecule has 2 heterocycles. The van der Waals surface area contributed by atoms with Gasteiger partial charge >= 0.3 is 0 Å². The highest BCUT2D eigenvalue weighted by atomic mass is 16.5. The van der Waals surface area contributed by atoms with E-state index in [-0.39, 0.29) is 6.04 Å². The second-order valence-electron chi connectivity index (χ2n) is 7.38. The Hall–Kier alpha value is -3.01. The first kappa shape index (κ1) is 19.3. The van der Waals surface area contributed by atoms with Crippen LogP contribution in [-0.4, -0.2) is 40.3 Å². The number of fused-ring (bicyclic) bond motifs is 1. The molecule has 148 valence electrons. The Kier molecular flexibility index (Phi) is 5.99. The highest BCUT2D eigenvalue weighted by molar-refractivity contribution is 5.63. The Labute approximate surface area is 171 Å². The number of ether oxygens (including phenoxy) is 1. The van der Waals surface area contributed by atoms with Crippen LogP contribution in [0.15, 0.2) is 48.8 Å². The zero-order valence-electron chi connectivity index (χ0n) is 16.6. The van der Waals surface area contributed by atoms with E-state index < -0.39 is 0 Å². The van der Waals surface area contributed by atoms with Gasteiger partial charge in [-0.2, -0.15) is 10.4 Å². The quantitative estimate of drug-likeness (QED) is 0.666. The fraction of sp³-hybridized carbons (Fsp3) is 0.348. The number of pyridine rings is 1. The number of methoxy groups -OCH3 is 1. The van der Waals surface area contributed by atoms with Crippen LogP contribution in [-0.2, 0) is 17.7 Å². The van der Waals surface area contributed by atoms with Crippen LogP contribution in [0.2, 0.25) is 0 Å². The first-order valence-electron chi connectivity index (χ1n) is 9.99. The molecule has 0 amide bonds. The molecule has 6 heteroatoms. The number of aromatic amines is 1. The second-order valence-corrected chi connectivity index (χ2v) is 7.38. The van der Waals surface area contributed by atoms with Crippen LogP contribution in [0.25, 0.3) is 11.3 Å². The van der Waals surface area contributed by atoms with E-state index in [0.717, 1.165) is 42.8 Å². The van der Waals surface area contributed by atoms with Gasteiger partial charge in [0.05, 0.1) is 41.9 Å². The molecule has 3 aromatic rings. The number of hydrogen-bond donors (Lipinski definition) is 1. The molecule has 1 aromatic carbocycles. The molecule has 0 bridgehead atoms. The Morgan fingerprint density at radius 1 is 1.28 bits per heavy atom. The molecule has 4 rings (SSSR count). The minimum atomic E-state index is 0.277. The molecule has 1 atom stereocenters. The molecule has 2 aromatic heterocycles. The SMILES string of the molecule is COCCN(Cc1cn[nH]c1-c1ccc(C#N)cc1)C1CCCc2cccnc21. The van der Waals surface area contributed by atoms with Crippen molar-refractivity contribution in [2.75, 3.05) is 20.3 Å². The number of nitrogens with zero attached hydrogens (tertiary/aromatic N) is 4. The summed E-state index contributed by atoms with van der Waals surface area (Å²) in [6.45, 7) is 2.26. The molecule has 0 radical (unpaired) electrons. The van der Waals surface area contributed by atoms with Crippen LogP contribution < -0.4 is 0 Å². The third-order valence-electron chi connectivity index (χ3n) is 5.58. The summed E-state index contributed by atoms with van der Waals surface area (Å²) in [7, 11) is 1.74. The summed E-state index contributed by atoms with van der Waals surface area (Å²) < 4.78 is 5.39. The molecule has 0 saturated heterocycles. The number of benzene rings is 1. The van der Waals surface area contributed by atoms with Crippen molar-refractivity contribution in [1.29, 1.82) is 5.26 Å². The average molecular weight is 387 g/mol. The Morgan fingerprint density at radius 3 is 2.93 bits per heavy atom. The van der Waals surface area contributed by atoms with Crippen LogP contribution >= 0.6 is 0 Å². The van der Waals surface area contributed by atoms with Gasteiger partial charge in [-0.1, -0.05) is 18.2 Å². The van der Waals surface area contributed by atoms with Crippen molar-refractivity contribution in [2.45, 2.75) is 31.8 Å². The molecular weight excluding hydrogens is 362 g/mol. The van der Waals surface area contributed by atoms with Gasteiger partial charge in [0, 0.05) is 32.0 Å². The van der Waals surface area contributed by atoms with Gasteiger partial charge in [0.1, 0.15) is 0 Å². The Morgan fingerprint density at radius 2 is 2.14 bits per heavy atom. The number of H-pyrrole nitrogens is 1. The van der Waals surface area contributed by atoms with Crippen molar-refractivity contribution in [1.82, 2.24) is 20.1 Å². The van der Waals surface area contributed by atoms with E-state index in [0.29, 0.717) is 12.2 Å². The number of hydrogen-bond acceptors (Lipinski definition) is 5. The fourth-order valence-corrected chi connectivity index (χ4v) is 4.11. The van der Waals surface area contributed by atoms with Gasteiger partial charge in [0.15, 0.2) is 0 Å². The number of rotatable bonds is 7. The van der Waals surface area contributed by atoms with Gasteiger partial charge in [-0.3, -0.25) is 15.0 Å². The lowest BCUT2D eigenvalue weighted by atomic mass is 9.90. The molecule has 0 fully saturated rings. The van der Waals surface area contributed by atoms with Crippen LogP contribution in [0, 0.1) is 11.3 Å². The highest BCUT2D eigenvalue weighted by Gasteiger charge is 2.28. The lowest BCUT2D eigenvalue weighted by molar-refractivity contribution is 0.104. The number of nitriles is 1. The van der Waals surface area contributed by atoms with Crippen LogP contribution in [0.3, 0.4) is 0 Å². The zero-order chi connectivity index (χ0) is 20.1. The monoisotopic (exact) mass is 387 g/mol. The predicted octanol–water partition coefficient (Wildman–Crippen LogP) is 3.87. The smallest absolute Gasteiger partial charge is 0.0991 e. The predicted molar refractivity (Wildman–Crippen MR) is 111 cm³/mol. The summed E-state index contributed by atoms with van der Waals surface area (Å²) in [6.07, 6.45) is 7.15. The summed E-state index contributed by atoms with van der Waals surface area (Å²) >= 11 is 0. The van der Waals surface area contributed by atoms with Crippen molar-refractivity contribution in [2.24, 2.45) is 0 Å². The molecule has 1 unspecified atom stereocenters.